The van der Waals surface area contributed by atoms with Crippen LogP contribution in [0.3, 0.4) is 0 Å². The van der Waals surface area contributed by atoms with E-state index in [0.717, 1.165) is 10.3 Å². The number of hydrogen-bond donors (Lipinski definition) is 0. The summed E-state index contributed by atoms with van der Waals surface area (Å²) in [6.45, 7) is 0.181. The van der Waals surface area contributed by atoms with Crippen LogP contribution in [-0.4, -0.2) is 23.0 Å². The minimum absolute atomic E-state index is 0.164. The van der Waals surface area contributed by atoms with Crippen molar-refractivity contribution in [3.8, 4) is 5.75 Å². The molecule has 0 amide bonds. The van der Waals surface area contributed by atoms with Crippen LogP contribution >= 0.6 is 0 Å². The van der Waals surface area contributed by atoms with Gasteiger partial charge in [0.05, 0.1) is 12.0 Å². The summed E-state index contributed by atoms with van der Waals surface area (Å²) in [7, 11) is 1.36. The molecule has 0 bridgehead atoms. The Bertz CT molecular complexity index is 669. The maximum absolute atomic E-state index is 11.9. The zero-order valence-electron chi connectivity index (χ0n) is 11.4. The Kier molecular flexibility index (Phi) is 4.50. The van der Waals surface area contributed by atoms with Gasteiger partial charge in [0.2, 0.25) is 0 Å². The average Bonchev–Trinajstić information content (AvgIpc) is 2.48. The second-order valence-corrected chi connectivity index (χ2v) is 4.38. The lowest BCUT2D eigenvalue weighted by atomic mass is 10.2. The molecule has 0 fully saturated rings. The average molecular weight is 286 g/mol. The molecule has 0 saturated carbocycles. The highest BCUT2D eigenvalue weighted by atomic mass is 16.6. The number of nitro groups is 1. The van der Waals surface area contributed by atoms with Crippen LogP contribution in [0.1, 0.15) is 11.1 Å². The van der Waals surface area contributed by atoms with Gasteiger partial charge in [0, 0.05) is 17.2 Å². The van der Waals surface area contributed by atoms with E-state index in [-0.39, 0.29) is 18.0 Å². The number of ether oxygens (including phenoxy) is 1. The minimum Gasteiger partial charge on any atom is -0.624 e. The zero-order valence-corrected chi connectivity index (χ0v) is 11.4. The topological polar surface area (TPSA) is 78.4 Å². The first-order valence-electron chi connectivity index (χ1n) is 6.25. The second-order valence-electron chi connectivity index (χ2n) is 4.38. The van der Waals surface area contributed by atoms with Crippen LogP contribution in [0.5, 0.6) is 5.75 Å². The third-order valence-electron chi connectivity index (χ3n) is 2.87. The summed E-state index contributed by atoms with van der Waals surface area (Å²) in [6.07, 6.45) is 1.32. The summed E-state index contributed by atoms with van der Waals surface area (Å²) in [5.41, 5.74) is 1.15. The van der Waals surface area contributed by atoms with Crippen molar-refractivity contribution in [1.29, 1.82) is 0 Å². The van der Waals surface area contributed by atoms with E-state index in [1.165, 1.54) is 25.5 Å². The van der Waals surface area contributed by atoms with Gasteiger partial charge in [-0.25, -0.2) is 4.74 Å². The van der Waals surface area contributed by atoms with Crippen LogP contribution in [0.4, 0.5) is 5.69 Å². The lowest BCUT2D eigenvalue weighted by molar-refractivity contribution is -0.469. The number of methoxy groups -OCH3 is 1. The molecule has 6 heteroatoms. The molecule has 0 aliphatic rings. The maximum Gasteiger partial charge on any atom is 0.311 e. The molecular formula is C15H14N2O4. The highest BCUT2D eigenvalue weighted by molar-refractivity contribution is 5.78. The molecule has 0 aliphatic carbocycles. The maximum atomic E-state index is 11.9. The predicted molar refractivity (Wildman–Crippen MR) is 78.6 cm³/mol. The van der Waals surface area contributed by atoms with Crippen LogP contribution in [0.2, 0.25) is 0 Å². The number of rotatable bonds is 5. The molecule has 2 aromatic carbocycles. The van der Waals surface area contributed by atoms with Crippen LogP contribution in [0.25, 0.3) is 0 Å². The molecule has 0 saturated heterocycles. The van der Waals surface area contributed by atoms with E-state index in [9.17, 15) is 15.3 Å². The fourth-order valence-corrected chi connectivity index (χ4v) is 1.91. The molecule has 0 radical (unpaired) electrons. The van der Waals surface area contributed by atoms with E-state index >= 15 is 0 Å². The molecule has 0 aromatic heterocycles. The molecular weight excluding hydrogens is 272 g/mol. The van der Waals surface area contributed by atoms with E-state index in [2.05, 4.69) is 0 Å². The standard InChI is InChI=1S/C15H14N2O4/c1-21-15-8-7-13(9-14(15)17(19)20)11-16(18)10-12-5-3-2-4-6-12/h2-9,11H,10H2,1H3/b16-11+. The van der Waals surface area contributed by atoms with Crippen molar-refractivity contribution in [2.45, 2.75) is 6.54 Å². The first-order valence-corrected chi connectivity index (χ1v) is 6.25. The van der Waals surface area contributed by atoms with Gasteiger partial charge < -0.3 is 9.94 Å². The van der Waals surface area contributed by atoms with E-state index in [1.807, 2.05) is 30.3 Å². The van der Waals surface area contributed by atoms with E-state index in [1.54, 1.807) is 6.07 Å². The van der Waals surface area contributed by atoms with E-state index in [4.69, 9.17) is 4.74 Å². The summed E-state index contributed by atoms with van der Waals surface area (Å²) in [4.78, 5) is 10.4. The monoisotopic (exact) mass is 286 g/mol. The Labute approximate surface area is 121 Å². The zero-order chi connectivity index (χ0) is 15.2. The summed E-state index contributed by atoms with van der Waals surface area (Å²) in [5, 5.41) is 22.8. The van der Waals surface area contributed by atoms with Gasteiger partial charge in [0.25, 0.3) is 0 Å². The van der Waals surface area contributed by atoms with Crippen molar-refractivity contribution in [2.24, 2.45) is 0 Å². The van der Waals surface area contributed by atoms with Gasteiger partial charge in [0.15, 0.2) is 18.5 Å². The normalized spacial score (nSPS) is 11.2. The summed E-state index contributed by atoms with van der Waals surface area (Å²) in [6, 6.07) is 13.6. The van der Waals surface area contributed by atoms with E-state index < -0.39 is 4.92 Å². The number of nitrogens with zero attached hydrogens (tertiary/aromatic N) is 2. The van der Waals surface area contributed by atoms with Crippen molar-refractivity contribution in [3.05, 3.63) is 75.0 Å². The lowest BCUT2D eigenvalue weighted by Gasteiger charge is -2.05. The molecule has 0 atom stereocenters. The quantitative estimate of drug-likeness (QED) is 0.278. The molecule has 0 unspecified atom stereocenters. The lowest BCUT2D eigenvalue weighted by Crippen LogP contribution is -2.06. The summed E-state index contributed by atoms with van der Waals surface area (Å²) in [5.74, 6) is 0.164. The minimum atomic E-state index is -0.539. The van der Waals surface area contributed by atoms with Crippen molar-refractivity contribution < 1.29 is 14.4 Å². The molecule has 21 heavy (non-hydrogen) atoms. The fourth-order valence-electron chi connectivity index (χ4n) is 1.91. The third-order valence-corrected chi connectivity index (χ3v) is 2.87. The molecule has 108 valence electrons. The highest BCUT2D eigenvalue weighted by Crippen LogP contribution is 2.26. The van der Waals surface area contributed by atoms with Crippen molar-refractivity contribution in [2.75, 3.05) is 7.11 Å². The van der Waals surface area contributed by atoms with Crippen LogP contribution in [-0.2, 0) is 6.54 Å². The molecule has 0 heterocycles. The molecule has 2 rings (SSSR count). The van der Waals surface area contributed by atoms with Gasteiger partial charge in [-0.2, -0.15) is 0 Å². The van der Waals surface area contributed by atoms with Gasteiger partial charge in [-0.15, -0.1) is 0 Å². The summed E-state index contributed by atoms with van der Waals surface area (Å²) >= 11 is 0. The predicted octanol–water partition coefficient (Wildman–Crippen LogP) is 2.73. The third kappa shape index (κ3) is 3.79. The van der Waals surface area contributed by atoms with Crippen LogP contribution in [0.15, 0.2) is 48.5 Å². The summed E-state index contributed by atoms with van der Waals surface area (Å²) < 4.78 is 5.65. The Balaban J connectivity index is 2.24. The van der Waals surface area contributed by atoms with Crippen molar-refractivity contribution in [3.63, 3.8) is 0 Å². The smallest absolute Gasteiger partial charge is 0.311 e. The Morgan fingerprint density at radius 3 is 2.48 bits per heavy atom. The Morgan fingerprint density at radius 2 is 1.86 bits per heavy atom. The fraction of sp³-hybridized carbons (Fsp3) is 0.133. The molecule has 6 nitrogen and oxygen atoms in total. The van der Waals surface area contributed by atoms with Gasteiger partial charge in [-0.1, -0.05) is 30.3 Å². The molecule has 2 aromatic rings. The Morgan fingerprint density at radius 1 is 1.14 bits per heavy atom. The number of hydrogen-bond acceptors (Lipinski definition) is 4. The molecule has 0 aliphatic heterocycles. The number of benzene rings is 2. The van der Waals surface area contributed by atoms with Crippen LogP contribution < -0.4 is 4.74 Å². The van der Waals surface area contributed by atoms with Gasteiger partial charge in [0.1, 0.15) is 0 Å². The largest absolute Gasteiger partial charge is 0.624 e. The Hall–Kier alpha value is -2.89. The number of nitro benzene ring substituents is 1. The van der Waals surface area contributed by atoms with Crippen LogP contribution in [0, 0.1) is 15.3 Å². The van der Waals surface area contributed by atoms with Gasteiger partial charge in [-0.3, -0.25) is 10.1 Å². The van der Waals surface area contributed by atoms with Crippen molar-refractivity contribution in [1.82, 2.24) is 0 Å². The van der Waals surface area contributed by atoms with Crippen molar-refractivity contribution >= 4 is 11.9 Å². The first kappa shape index (κ1) is 14.5. The van der Waals surface area contributed by atoms with Gasteiger partial charge in [-0.05, 0) is 12.1 Å². The first-order chi connectivity index (χ1) is 10.1. The highest BCUT2D eigenvalue weighted by Gasteiger charge is 2.15. The van der Waals surface area contributed by atoms with E-state index in [0.29, 0.717) is 5.56 Å². The molecule has 0 spiro atoms. The second kappa shape index (κ2) is 6.51. The SMILES string of the molecule is COc1ccc(/C=[N+](/[O-])Cc2ccccc2)cc1[N+](=O)[O-]. The molecule has 0 N–H and O–H groups in total. The number of hydroxylamine groups is 1. The van der Waals surface area contributed by atoms with Gasteiger partial charge >= 0.3 is 5.69 Å².